The number of carbonyl (C=O) groups excluding carboxylic acids is 1. The highest BCUT2D eigenvalue weighted by Gasteiger charge is 2.21. The third-order valence-corrected chi connectivity index (χ3v) is 3.24. The Balaban J connectivity index is 1.93. The number of carbonyl (C=O) groups is 1. The molecule has 0 aromatic heterocycles. The van der Waals surface area contributed by atoms with Gasteiger partial charge in [-0.1, -0.05) is 25.0 Å². The maximum absolute atomic E-state index is 11.7. The van der Waals surface area contributed by atoms with Crippen LogP contribution in [0, 0.1) is 12.8 Å². The van der Waals surface area contributed by atoms with Crippen molar-refractivity contribution in [3.8, 4) is 0 Å². The Morgan fingerprint density at radius 1 is 1.47 bits per heavy atom. The number of nitrogens with one attached hydrogen (secondary N) is 1. The van der Waals surface area contributed by atoms with Crippen LogP contribution in [-0.2, 0) is 11.4 Å². The van der Waals surface area contributed by atoms with Gasteiger partial charge in [0.25, 0.3) is 0 Å². The summed E-state index contributed by atoms with van der Waals surface area (Å²) in [6.45, 7) is 1.96. The summed E-state index contributed by atoms with van der Waals surface area (Å²) in [6.07, 6.45) is 4.18. The Hall–Kier alpha value is -1.35. The van der Waals surface area contributed by atoms with E-state index in [0.29, 0.717) is 6.42 Å². The molecular weight excluding hydrogens is 214 g/mol. The second kappa shape index (κ2) is 5.32. The minimum Gasteiger partial charge on any atom is -0.392 e. The molecule has 1 fully saturated rings. The lowest BCUT2D eigenvalue weighted by Gasteiger charge is -2.09. The number of rotatable bonds is 5. The van der Waals surface area contributed by atoms with E-state index in [1.807, 2.05) is 25.1 Å². The number of hydrogen-bond acceptors (Lipinski definition) is 2. The van der Waals surface area contributed by atoms with Crippen LogP contribution in [0.4, 0.5) is 5.69 Å². The summed E-state index contributed by atoms with van der Waals surface area (Å²) >= 11 is 0. The lowest BCUT2D eigenvalue weighted by Crippen LogP contribution is -2.12. The highest BCUT2D eigenvalue weighted by Crippen LogP contribution is 2.33. The normalized spacial score (nSPS) is 14.7. The molecule has 3 heteroatoms. The molecule has 2 N–H and O–H groups in total. The molecule has 0 bridgehead atoms. The number of anilines is 1. The molecule has 1 amide bonds. The fourth-order valence-corrected chi connectivity index (χ4v) is 1.86. The molecule has 0 aliphatic heterocycles. The lowest BCUT2D eigenvalue weighted by molar-refractivity contribution is -0.116. The van der Waals surface area contributed by atoms with E-state index >= 15 is 0 Å². The third-order valence-electron chi connectivity index (χ3n) is 3.24. The minimum absolute atomic E-state index is 0.00518. The van der Waals surface area contributed by atoms with Crippen molar-refractivity contribution in [2.75, 3.05) is 5.32 Å². The smallest absolute Gasteiger partial charge is 0.224 e. The quantitative estimate of drug-likeness (QED) is 0.821. The second-order valence-electron chi connectivity index (χ2n) is 4.84. The van der Waals surface area contributed by atoms with Gasteiger partial charge in [0.2, 0.25) is 5.91 Å². The molecule has 0 spiro atoms. The van der Waals surface area contributed by atoms with Crippen molar-refractivity contribution >= 4 is 11.6 Å². The Bertz CT molecular complexity index is 411. The summed E-state index contributed by atoms with van der Waals surface area (Å²) in [5.41, 5.74) is 2.67. The van der Waals surface area contributed by atoms with Crippen LogP contribution in [0.15, 0.2) is 18.2 Å². The summed E-state index contributed by atoms with van der Waals surface area (Å²) in [4.78, 5) is 11.7. The topological polar surface area (TPSA) is 49.3 Å². The van der Waals surface area contributed by atoms with Crippen molar-refractivity contribution in [3.63, 3.8) is 0 Å². The van der Waals surface area contributed by atoms with E-state index in [2.05, 4.69) is 5.32 Å². The number of benzene rings is 1. The summed E-state index contributed by atoms with van der Waals surface area (Å²) in [7, 11) is 0. The zero-order valence-electron chi connectivity index (χ0n) is 10.2. The molecule has 1 aliphatic carbocycles. The molecule has 0 saturated heterocycles. The molecule has 1 aromatic carbocycles. The second-order valence-corrected chi connectivity index (χ2v) is 4.84. The zero-order valence-corrected chi connectivity index (χ0v) is 10.2. The highest BCUT2D eigenvalue weighted by atomic mass is 16.3. The first-order valence-corrected chi connectivity index (χ1v) is 6.19. The lowest BCUT2D eigenvalue weighted by atomic mass is 10.1. The van der Waals surface area contributed by atoms with Crippen LogP contribution in [0.25, 0.3) is 0 Å². The molecule has 1 saturated carbocycles. The predicted octanol–water partition coefficient (Wildman–Crippen LogP) is 2.62. The molecule has 0 atom stereocenters. The van der Waals surface area contributed by atoms with Crippen molar-refractivity contribution in [1.82, 2.24) is 0 Å². The average molecular weight is 233 g/mol. The van der Waals surface area contributed by atoms with E-state index in [0.717, 1.165) is 29.2 Å². The van der Waals surface area contributed by atoms with E-state index in [9.17, 15) is 4.79 Å². The van der Waals surface area contributed by atoms with Crippen molar-refractivity contribution < 1.29 is 9.90 Å². The summed E-state index contributed by atoms with van der Waals surface area (Å²) < 4.78 is 0. The van der Waals surface area contributed by atoms with Crippen LogP contribution in [0.5, 0.6) is 0 Å². The molecule has 0 radical (unpaired) electrons. The SMILES string of the molecule is Cc1ccc(CO)cc1NC(=O)CCC1CC1. The summed E-state index contributed by atoms with van der Waals surface area (Å²) in [5, 5.41) is 12.0. The predicted molar refractivity (Wildman–Crippen MR) is 67.7 cm³/mol. The van der Waals surface area contributed by atoms with Crippen LogP contribution in [0.3, 0.4) is 0 Å². The zero-order chi connectivity index (χ0) is 12.3. The van der Waals surface area contributed by atoms with Crippen LogP contribution < -0.4 is 5.32 Å². The average Bonchev–Trinajstić information content (AvgIpc) is 3.13. The maximum Gasteiger partial charge on any atom is 0.224 e. The number of aliphatic hydroxyl groups excluding tert-OH is 1. The van der Waals surface area contributed by atoms with Crippen LogP contribution in [0.1, 0.15) is 36.8 Å². The van der Waals surface area contributed by atoms with Gasteiger partial charge in [-0.2, -0.15) is 0 Å². The van der Waals surface area contributed by atoms with Crippen LogP contribution in [-0.4, -0.2) is 11.0 Å². The molecule has 3 nitrogen and oxygen atoms in total. The van der Waals surface area contributed by atoms with Crippen molar-refractivity contribution in [1.29, 1.82) is 0 Å². The Kier molecular flexibility index (Phi) is 3.79. The van der Waals surface area contributed by atoms with E-state index in [1.165, 1.54) is 12.8 Å². The molecule has 1 aliphatic rings. The summed E-state index contributed by atoms with van der Waals surface area (Å²) in [6, 6.07) is 5.63. The number of aliphatic hydroxyl groups is 1. The van der Waals surface area contributed by atoms with Crippen molar-refractivity contribution in [3.05, 3.63) is 29.3 Å². The highest BCUT2D eigenvalue weighted by molar-refractivity contribution is 5.91. The van der Waals surface area contributed by atoms with Gasteiger partial charge in [0.1, 0.15) is 0 Å². The standard InChI is InChI=1S/C14H19NO2/c1-10-2-3-12(9-16)8-13(10)15-14(17)7-6-11-4-5-11/h2-3,8,11,16H,4-7,9H2,1H3,(H,15,17). The van der Waals surface area contributed by atoms with Crippen LogP contribution >= 0.6 is 0 Å². The molecule has 0 unspecified atom stereocenters. The van der Waals surface area contributed by atoms with Crippen LogP contribution in [0.2, 0.25) is 0 Å². The van der Waals surface area contributed by atoms with E-state index in [1.54, 1.807) is 0 Å². The minimum atomic E-state index is 0.00518. The largest absolute Gasteiger partial charge is 0.392 e. The number of amides is 1. The molecule has 92 valence electrons. The first-order valence-electron chi connectivity index (χ1n) is 6.19. The monoisotopic (exact) mass is 233 g/mol. The Labute approximate surface area is 102 Å². The van der Waals surface area contributed by atoms with Gasteiger partial charge in [0.05, 0.1) is 6.61 Å². The van der Waals surface area contributed by atoms with E-state index in [-0.39, 0.29) is 12.5 Å². The number of aryl methyl sites for hydroxylation is 1. The van der Waals surface area contributed by atoms with Gasteiger partial charge >= 0.3 is 0 Å². The van der Waals surface area contributed by atoms with Crippen molar-refractivity contribution in [2.24, 2.45) is 5.92 Å². The molecule has 0 heterocycles. The van der Waals surface area contributed by atoms with Gasteiger partial charge in [0.15, 0.2) is 0 Å². The molecule has 2 rings (SSSR count). The molecule has 17 heavy (non-hydrogen) atoms. The molecular formula is C14H19NO2. The first kappa shape index (κ1) is 12.1. The first-order chi connectivity index (χ1) is 8.19. The van der Waals surface area contributed by atoms with Gasteiger partial charge in [-0.25, -0.2) is 0 Å². The van der Waals surface area contributed by atoms with Gasteiger partial charge in [-0.05, 0) is 36.5 Å². The summed E-state index contributed by atoms with van der Waals surface area (Å²) in [5.74, 6) is 0.862. The number of hydrogen-bond donors (Lipinski definition) is 2. The Morgan fingerprint density at radius 2 is 2.24 bits per heavy atom. The fourth-order valence-electron chi connectivity index (χ4n) is 1.86. The van der Waals surface area contributed by atoms with Gasteiger partial charge in [-0.3, -0.25) is 4.79 Å². The van der Waals surface area contributed by atoms with E-state index in [4.69, 9.17) is 5.11 Å². The van der Waals surface area contributed by atoms with Gasteiger partial charge in [0, 0.05) is 12.1 Å². The van der Waals surface area contributed by atoms with Gasteiger partial charge < -0.3 is 10.4 Å². The van der Waals surface area contributed by atoms with Gasteiger partial charge in [-0.15, -0.1) is 0 Å². The Morgan fingerprint density at radius 3 is 2.88 bits per heavy atom. The fraction of sp³-hybridized carbons (Fsp3) is 0.500. The maximum atomic E-state index is 11.7. The van der Waals surface area contributed by atoms with Crippen molar-refractivity contribution in [2.45, 2.75) is 39.2 Å². The molecule has 1 aromatic rings. The van der Waals surface area contributed by atoms with E-state index < -0.39 is 0 Å². The third kappa shape index (κ3) is 3.56.